The molecule has 4 nitrogen and oxygen atoms in total. The van der Waals surface area contributed by atoms with E-state index in [9.17, 15) is 5.21 Å². The van der Waals surface area contributed by atoms with Crippen molar-refractivity contribution in [3.63, 3.8) is 0 Å². The Bertz CT molecular complexity index is 502. The van der Waals surface area contributed by atoms with Crippen molar-refractivity contribution in [1.29, 1.82) is 5.26 Å². The van der Waals surface area contributed by atoms with Crippen molar-refractivity contribution in [3.05, 3.63) is 59.6 Å². The Hall–Kier alpha value is -2.22. The number of hydrogen-bond donors (Lipinski definition) is 1. The number of nitriles is 1. The second-order valence-electron chi connectivity index (χ2n) is 3.26. The highest BCUT2D eigenvalue weighted by Crippen LogP contribution is 2.07. The fourth-order valence-electron chi connectivity index (χ4n) is 1.36. The third kappa shape index (κ3) is 2.06. The summed E-state index contributed by atoms with van der Waals surface area (Å²) in [6.07, 6.45) is 3.15. The van der Waals surface area contributed by atoms with Gasteiger partial charge in [0.2, 0.25) is 0 Å². The molecule has 1 aromatic heterocycles. The first-order valence-electron chi connectivity index (χ1n) is 4.76. The van der Waals surface area contributed by atoms with Crippen LogP contribution in [0.15, 0.2) is 48.8 Å². The van der Waals surface area contributed by atoms with Crippen LogP contribution in [0.1, 0.15) is 5.56 Å². The predicted molar refractivity (Wildman–Crippen MR) is 59.0 cm³/mol. The van der Waals surface area contributed by atoms with Gasteiger partial charge in [-0.1, -0.05) is 0 Å². The van der Waals surface area contributed by atoms with E-state index in [2.05, 4.69) is 4.98 Å². The largest absolute Gasteiger partial charge is 0.623 e. The number of aromatic nitrogens is 1. The van der Waals surface area contributed by atoms with Gasteiger partial charge in [-0.15, -0.1) is 0 Å². The Balaban J connectivity index is 2.28. The summed E-state index contributed by atoms with van der Waals surface area (Å²) in [6.45, 7) is 0. The number of benzene rings is 1. The van der Waals surface area contributed by atoms with E-state index in [4.69, 9.17) is 5.26 Å². The van der Waals surface area contributed by atoms with Gasteiger partial charge >= 0.3 is 0 Å². The van der Waals surface area contributed by atoms with Crippen LogP contribution in [-0.4, -0.2) is 4.98 Å². The topological polar surface area (TPSA) is 64.2 Å². The molecule has 0 amide bonds. The first-order chi connectivity index (χ1) is 7.81. The van der Waals surface area contributed by atoms with Gasteiger partial charge in [-0.25, -0.2) is 0 Å². The van der Waals surface area contributed by atoms with Crippen LogP contribution in [0.4, 0.5) is 11.4 Å². The number of pyridine rings is 1. The monoisotopic (exact) mass is 211 g/mol. The minimum Gasteiger partial charge on any atom is -0.623 e. The average molecular weight is 211 g/mol. The van der Waals surface area contributed by atoms with Gasteiger partial charge in [0.25, 0.3) is 0 Å². The smallest absolute Gasteiger partial charge is 0.154 e. The summed E-state index contributed by atoms with van der Waals surface area (Å²) in [7, 11) is 0. The van der Waals surface area contributed by atoms with Gasteiger partial charge in [-0.2, -0.15) is 5.26 Å². The molecule has 1 unspecified atom stereocenters. The fraction of sp³-hybridized carbons (Fsp3) is 0. The van der Waals surface area contributed by atoms with E-state index >= 15 is 0 Å². The molecular weight excluding hydrogens is 202 g/mol. The number of nitrogens with zero attached hydrogens (tertiary/aromatic N) is 2. The maximum atomic E-state index is 11.9. The zero-order chi connectivity index (χ0) is 11.4. The van der Waals surface area contributed by atoms with Crippen molar-refractivity contribution in [1.82, 2.24) is 4.98 Å². The van der Waals surface area contributed by atoms with Crippen molar-refractivity contribution in [2.45, 2.75) is 0 Å². The average Bonchev–Trinajstić information content (AvgIpc) is 2.39. The van der Waals surface area contributed by atoms with Crippen molar-refractivity contribution in [3.8, 4) is 6.07 Å². The van der Waals surface area contributed by atoms with Crippen LogP contribution in [0, 0.1) is 16.5 Å². The zero-order valence-corrected chi connectivity index (χ0v) is 8.42. The normalized spacial score (nSPS) is 11.8. The summed E-state index contributed by atoms with van der Waals surface area (Å²) < 4.78 is 0. The molecule has 0 bridgehead atoms. The number of quaternary nitrogens is 1. The molecule has 0 aliphatic heterocycles. The first-order valence-corrected chi connectivity index (χ1v) is 4.76. The summed E-state index contributed by atoms with van der Waals surface area (Å²) >= 11 is 0. The van der Waals surface area contributed by atoms with E-state index < -0.39 is 0 Å². The van der Waals surface area contributed by atoms with Crippen molar-refractivity contribution >= 4 is 11.4 Å². The predicted octanol–water partition coefficient (Wildman–Crippen LogP) is 1.30. The molecule has 0 aliphatic carbocycles. The molecule has 1 heterocycles. The minimum atomic E-state index is -0.0856. The Kier molecular flexibility index (Phi) is 2.92. The standard InChI is InChI=1S/C12H9N3O/c13-8-10-3-5-11(6-4-10)15(16)12-2-1-7-14-9-12/h1-7,9,15H. The molecule has 0 fully saturated rings. The molecule has 0 spiro atoms. The van der Waals surface area contributed by atoms with E-state index in [1.165, 1.54) is 6.20 Å². The maximum absolute atomic E-state index is 11.9. The van der Waals surface area contributed by atoms with Crippen LogP contribution in [-0.2, 0) is 0 Å². The van der Waals surface area contributed by atoms with Crippen LogP contribution in [0.3, 0.4) is 0 Å². The number of rotatable bonds is 2. The molecule has 1 N–H and O–H groups in total. The highest BCUT2D eigenvalue weighted by Gasteiger charge is 2.05. The molecule has 1 aromatic carbocycles. The Morgan fingerprint density at radius 2 is 1.88 bits per heavy atom. The first kappa shape index (κ1) is 10.3. The Morgan fingerprint density at radius 1 is 1.12 bits per heavy atom. The summed E-state index contributed by atoms with van der Waals surface area (Å²) in [5, 5.41) is 20.5. The molecule has 16 heavy (non-hydrogen) atoms. The van der Waals surface area contributed by atoms with E-state index in [1.54, 1.807) is 42.6 Å². The highest BCUT2D eigenvalue weighted by atomic mass is 16.5. The summed E-state index contributed by atoms with van der Waals surface area (Å²) in [6, 6.07) is 12.0. The van der Waals surface area contributed by atoms with E-state index in [0.29, 0.717) is 16.9 Å². The minimum absolute atomic E-state index is 0.0856. The van der Waals surface area contributed by atoms with Crippen molar-refractivity contribution in [2.75, 3.05) is 0 Å². The number of nitrogens with one attached hydrogen (secondary N) is 1. The molecular formula is C12H9N3O. The van der Waals surface area contributed by atoms with E-state index in [1.807, 2.05) is 6.07 Å². The lowest BCUT2D eigenvalue weighted by Gasteiger charge is -2.20. The van der Waals surface area contributed by atoms with Crippen LogP contribution in [0.25, 0.3) is 0 Å². The molecule has 0 radical (unpaired) electrons. The second-order valence-corrected chi connectivity index (χ2v) is 3.26. The Morgan fingerprint density at radius 3 is 2.44 bits per heavy atom. The van der Waals surface area contributed by atoms with Gasteiger partial charge in [0.1, 0.15) is 5.69 Å². The van der Waals surface area contributed by atoms with Gasteiger partial charge in [0.15, 0.2) is 5.69 Å². The summed E-state index contributed by atoms with van der Waals surface area (Å²) in [5.74, 6) is 0. The van der Waals surface area contributed by atoms with E-state index in [0.717, 1.165) is 0 Å². The molecule has 1 atom stereocenters. The quantitative estimate of drug-likeness (QED) is 0.761. The van der Waals surface area contributed by atoms with Crippen molar-refractivity contribution in [2.24, 2.45) is 0 Å². The lowest BCUT2D eigenvalue weighted by atomic mass is 10.2. The lowest BCUT2D eigenvalue weighted by molar-refractivity contribution is -0.698. The molecule has 2 rings (SSSR count). The summed E-state index contributed by atoms with van der Waals surface area (Å²) in [5.41, 5.74) is 1.65. The van der Waals surface area contributed by atoms with Gasteiger partial charge in [0.05, 0.1) is 17.8 Å². The van der Waals surface area contributed by atoms with Crippen molar-refractivity contribution < 1.29 is 5.06 Å². The van der Waals surface area contributed by atoms with Gasteiger partial charge in [-0.3, -0.25) is 4.98 Å². The third-order valence-corrected chi connectivity index (χ3v) is 2.20. The van der Waals surface area contributed by atoms with Gasteiger partial charge in [-0.05, 0) is 18.2 Å². The van der Waals surface area contributed by atoms with Crippen LogP contribution >= 0.6 is 0 Å². The molecule has 2 aromatic rings. The molecule has 0 saturated heterocycles. The van der Waals surface area contributed by atoms with Crippen LogP contribution in [0.5, 0.6) is 0 Å². The molecule has 0 aliphatic rings. The lowest BCUT2D eigenvalue weighted by Crippen LogP contribution is -2.96. The van der Waals surface area contributed by atoms with Crippen LogP contribution < -0.4 is 5.06 Å². The molecule has 0 saturated carbocycles. The van der Waals surface area contributed by atoms with Gasteiger partial charge < -0.3 is 10.3 Å². The SMILES string of the molecule is N#Cc1ccc([NH+]([O-])c2cccnc2)cc1. The summed E-state index contributed by atoms with van der Waals surface area (Å²) in [4.78, 5) is 3.89. The van der Waals surface area contributed by atoms with Gasteiger partial charge in [0, 0.05) is 24.4 Å². The highest BCUT2D eigenvalue weighted by molar-refractivity contribution is 5.41. The zero-order valence-electron chi connectivity index (χ0n) is 8.42. The van der Waals surface area contributed by atoms with Crippen LogP contribution in [0.2, 0.25) is 0 Å². The molecule has 78 valence electrons. The Labute approximate surface area is 93.0 Å². The fourth-order valence-corrected chi connectivity index (χ4v) is 1.36. The van der Waals surface area contributed by atoms with E-state index in [-0.39, 0.29) is 5.06 Å². The second kappa shape index (κ2) is 4.53. The number of hydrogen-bond acceptors (Lipinski definition) is 3. The maximum Gasteiger partial charge on any atom is 0.154 e. The molecule has 4 heteroatoms. The third-order valence-electron chi connectivity index (χ3n) is 2.20.